The van der Waals surface area contributed by atoms with Gasteiger partial charge in [0.1, 0.15) is 5.78 Å². The molecule has 1 heteroatoms. The van der Waals surface area contributed by atoms with Crippen LogP contribution in [0.1, 0.15) is 25.3 Å². The molecule has 0 saturated heterocycles. The van der Waals surface area contributed by atoms with Gasteiger partial charge in [0.2, 0.25) is 0 Å². The van der Waals surface area contributed by atoms with Gasteiger partial charge in [-0.15, -0.1) is 0 Å². The monoisotopic (exact) mass is 174 g/mol. The second-order valence-electron chi connectivity index (χ2n) is 3.93. The maximum atomic E-state index is 11.2. The number of ketones is 1. The van der Waals surface area contributed by atoms with Crippen molar-refractivity contribution in [1.29, 1.82) is 0 Å². The molecule has 0 N–H and O–H groups in total. The lowest BCUT2D eigenvalue weighted by atomic mass is 10.1. The minimum absolute atomic E-state index is 0.280. The van der Waals surface area contributed by atoms with Crippen LogP contribution in [0.3, 0.4) is 0 Å². The lowest BCUT2D eigenvalue weighted by Gasteiger charge is -1.96. The van der Waals surface area contributed by atoms with Crippen molar-refractivity contribution in [3.8, 4) is 0 Å². The smallest absolute Gasteiger partial charge is 0.133 e. The molecule has 1 nitrogen and oxygen atoms in total. The Balaban J connectivity index is 2.18. The summed E-state index contributed by atoms with van der Waals surface area (Å²) in [5, 5.41) is 0. The number of benzene rings is 1. The molecule has 68 valence electrons. The summed E-state index contributed by atoms with van der Waals surface area (Å²) < 4.78 is 0. The molecule has 0 unspecified atom stereocenters. The second-order valence-corrected chi connectivity index (χ2v) is 3.93. The van der Waals surface area contributed by atoms with Gasteiger partial charge in [-0.2, -0.15) is 0 Å². The molecule has 0 amide bonds. The molecule has 1 aliphatic rings. The first-order valence-electron chi connectivity index (χ1n) is 4.77. The van der Waals surface area contributed by atoms with Gasteiger partial charge in [-0.25, -0.2) is 0 Å². The highest BCUT2D eigenvalue weighted by atomic mass is 16.1. The molecule has 0 aromatic heterocycles. The van der Waals surface area contributed by atoms with E-state index in [1.807, 2.05) is 18.2 Å². The van der Waals surface area contributed by atoms with E-state index in [2.05, 4.69) is 19.1 Å². The SMILES string of the molecule is CC(=O)[C@@H]1[C@H](C)[C@H]1c1ccccc1. The first-order chi connectivity index (χ1) is 6.22. The summed E-state index contributed by atoms with van der Waals surface area (Å²) in [6, 6.07) is 10.3. The van der Waals surface area contributed by atoms with E-state index in [0.717, 1.165) is 0 Å². The number of rotatable bonds is 2. The van der Waals surface area contributed by atoms with Gasteiger partial charge in [0.15, 0.2) is 0 Å². The molecule has 13 heavy (non-hydrogen) atoms. The van der Waals surface area contributed by atoms with E-state index in [1.54, 1.807) is 6.92 Å². The lowest BCUT2D eigenvalue weighted by Crippen LogP contribution is -1.95. The van der Waals surface area contributed by atoms with E-state index in [-0.39, 0.29) is 5.92 Å². The van der Waals surface area contributed by atoms with E-state index in [4.69, 9.17) is 0 Å². The quantitative estimate of drug-likeness (QED) is 0.673. The number of carbonyl (C=O) groups is 1. The van der Waals surface area contributed by atoms with Crippen LogP contribution in [-0.2, 0) is 4.79 Å². The van der Waals surface area contributed by atoms with E-state index in [1.165, 1.54) is 5.56 Å². The molecule has 1 aromatic carbocycles. The fourth-order valence-electron chi connectivity index (χ4n) is 2.27. The van der Waals surface area contributed by atoms with Crippen LogP contribution in [0.25, 0.3) is 0 Å². The summed E-state index contributed by atoms with van der Waals surface area (Å²) in [6.07, 6.45) is 0. The Kier molecular flexibility index (Phi) is 1.95. The summed E-state index contributed by atoms with van der Waals surface area (Å²) >= 11 is 0. The number of hydrogen-bond donors (Lipinski definition) is 0. The molecule has 1 fully saturated rings. The van der Waals surface area contributed by atoms with Crippen molar-refractivity contribution >= 4 is 5.78 Å². The Labute approximate surface area is 78.8 Å². The molecule has 1 saturated carbocycles. The minimum Gasteiger partial charge on any atom is -0.300 e. The van der Waals surface area contributed by atoms with E-state index in [0.29, 0.717) is 17.6 Å². The zero-order chi connectivity index (χ0) is 9.42. The average molecular weight is 174 g/mol. The van der Waals surface area contributed by atoms with E-state index < -0.39 is 0 Å². The highest BCUT2D eigenvalue weighted by Gasteiger charge is 2.50. The minimum atomic E-state index is 0.280. The van der Waals surface area contributed by atoms with Crippen molar-refractivity contribution in [3.05, 3.63) is 35.9 Å². The lowest BCUT2D eigenvalue weighted by molar-refractivity contribution is -0.118. The van der Waals surface area contributed by atoms with Crippen LogP contribution >= 0.6 is 0 Å². The van der Waals surface area contributed by atoms with Gasteiger partial charge in [-0.1, -0.05) is 37.3 Å². The molecule has 0 bridgehead atoms. The number of hydrogen-bond acceptors (Lipinski definition) is 1. The molecule has 0 aliphatic heterocycles. The third-order valence-electron chi connectivity index (χ3n) is 3.03. The molecule has 3 atom stereocenters. The molecule has 0 radical (unpaired) electrons. The number of carbonyl (C=O) groups excluding carboxylic acids is 1. The van der Waals surface area contributed by atoms with E-state index >= 15 is 0 Å². The van der Waals surface area contributed by atoms with Crippen molar-refractivity contribution in [2.45, 2.75) is 19.8 Å². The highest BCUT2D eigenvalue weighted by molar-refractivity contribution is 5.83. The topological polar surface area (TPSA) is 17.1 Å². The van der Waals surface area contributed by atoms with Crippen LogP contribution in [0.2, 0.25) is 0 Å². The summed E-state index contributed by atoms with van der Waals surface area (Å²) in [5.41, 5.74) is 1.32. The van der Waals surface area contributed by atoms with Crippen LogP contribution in [-0.4, -0.2) is 5.78 Å². The van der Waals surface area contributed by atoms with Crippen LogP contribution < -0.4 is 0 Å². The Morgan fingerprint density at radius 1 is 1.23 bits per heavy atom. The molecule has 1 aliphatic carbocycles. The standard InChI is InChI=1S/C12H14O/c1-8-11(9(2)13)12(8)10-6-4-3-5-7-10/h3-8,11-12H,1-2H3/t8-,11-,12-/m0/s1. The van der Waals surface area contributed by atoms with Crippen molar-refractivity contribution in [1.82, 2.24) is 0 Å². The Morgan fingerprint density at radius 2 is 1.85 bits per heavy atom. The van der Waals surface area contributed by atoms with Gasteiger partial charge >= 0.3 is 0 Å². The maximum Gasteiger partial charge on any atom is 0.133 e. The third kappa shape index (κ3) is 1.39. The highest BCUT2D eigenvalue weighted by Crippen LogP contribution is 2.53. The second kappa shape index (κ2) is 2.99. The Hall–Kier alpha value is -1.11. The Morgan fingerprint density at radius 3 is 2.31 bits per heavy atom. The summed E-state index contributed by atoms with van der Waals surface area (Å²) in [5.74, 6) is 1.64. The average Bonchev–Trinajstić information content (AvgIpc) is 2.79. The molecule has 0 heterocycles. The molecule has 2 rings (SSSR count). The van der Waals surface area contributed by atoms with Crippen LogP contribution in [0.15, 0.2) is 30.3 Å². The van der Waals surface area contributed by atoms with E-state index in [9.17, 15) is 4.79 Å². The van der Waals surface area contributed by atoms with Gasteiger partial charge in [0, 0.05) is 5.92 Å². The maximum absolute atomic E-state index is 11.2. The largest absolute Gasteiger partial charge is 0.300 e. The first-order valence-corrected chi connectivity index (χ1v) is 4.77. The van der Waals surface area contributed by atoms with Crippen LogP contribution in [0.5, 0.6) is 0 Å². The molecular weight excluding hydrogens is 160 g/mol. The zero-order valence-corrected chi connectivity index (χ0v) is 8.03. The first kappa shape index (κ1) is 8.49. The molecule has 0 spiro atoms. The summed E-state index contributed by atoms with van der Waals surface area (Å²) in [7, 11) is 0. The van der Waals surface area contributed by atoms with Gasteiger partial charge in [0.05, 0.1) is 0 Å². The molecule has 1 aromatic rings. The van der Waals surface area contributed by atoms with Gasteiger partial charge in [0.25, 0.3) is 0 Å². The summed E-state index contributed by atoms with van der Waals surface area (Å²) in [4.78, 5) is 11.2. The predicted molar refractivity (Wildman–Crippen MR) is 52.5 cm³/mol. The third-order valence-corrected chi connectivity index (χ3v) is 3.03. The normalized spacial score (nSPS) is 31.4. The fraction of sp³-hybridized carbons (Fsp3) is 0.417. The van der Waals surface area contributed by atoms with Gasteiger partial charge < -0.3 is 0 Å². The van der Waals surface area contributed by atoms with Crippen LogP contribution in [0.4, 0.5) is 0 Å². The van der Waals surface area contributed by atoms with Crippen molar-refractivity contribution in [2.75, 3.05) is 0 Å². The Bertz CT molecular complexity index is 315. The fourth-order valence-corrected chi connectivity index (χ4v) is 2.27. The summed E-state index contributed by atoms with van der Waals surface area (Å²) in [6.45, 7) is 3.86. The zero-order valence-electron chi connectivity index (χ0n) is 8.03. The number of Topliss-reactive ketones (excluding diaryl/α,β-unsaturated/α-hetero) is 1. The van der Waals surface area contributed by atoms with Crippen molar-refractivity contribution in [3.63, 3.8) is 0 Å². The predicted octanol–water partition coefficient (Wildman–Crippen LogP) is 2.63. The molecular formula is C12H14O. The van der Waals surface area contributed by atoms with Crippen molar-refractivity contribution < 1.29 is 4.79 Å². The van der Waals surface area contributed by atoms with Gasteiger partial charge in [-0.3, -0.25) is 4.79 Å². The van der Waals surface area contributed by atoms with Crippen LogP contribution in [0, 0.1) is 11.8 Å². The van der Waals surface area contributed by atoms with Crippen molar-refractivity contribution in [2.24, 2.45) is 11.8 Å². The van der Waals surface area contributed by atoms with Gasteiger partial charge in [-0.05, 0) is 24.3 Å².